The maximum atomic E-state index is 12.6. The first-order valence-corrected chi connectivity index (χ1v) is 10.9. The van der Waals surface area contributed by atoms with Crippen LogP contribution in [0.2, 0.25) is 0 Å². The minimum Gasteiger partial charge on any atom is -0.468 e. The lowest BCUT2D eigenvalue weighted by molar-refractivity contribution is -0.220. The molecule has 0 aromatic rings. The second kappa shape index (κ2) is 11.3. The van der Waals surface area contributed by atoms with Gasteiger partial charge < -0.3 is 44.4 Å². The first-order chi connectivity index (χ1) is 15.7. The second-order valence-electron chi connectivity index (χ2n) is 9.36. The van der Waals surface area contributed by atoms with E-state index in [4.69, 9.17) is 23.7 Å². The number of carbonyl (C=O) groups excluding carboxylic acids is 4. The van der Waals surface area contributed by atoms with E-state index in [1.807, 2.05) is 0 Å². The number of rotatable bonds is 9. The van der Waals surface area contributed by atoms with Crippen LogP contribution in [0, 0.1) is 0 Å². The average molecular weight is 490 g/mol. The Bertz CT molecular complexity index is 766. The lowest BCUT2D eigenvalue weighted by atomic mass is 10.00. The molecule has 0 bridgehead atoms. The Morgan fingerprint density at radius 3 is 2.26 bits per heavy atom. The van der Waals surface area contributed by atoms with Crippen molar-refractivity contribution in [3.63, 3.8) is 0 Å². The molecule has 2 aliphatic rings. The highest BCUT2D eigenvalue weighted by Gasteiger charge is 2.57. The van der Waals surface area contributed by atoms with Crippen LogP contribution in [0.4, 0.5) is 4.79 Å². The summed E-state index contributed by atoms with van der Waals surface area (Å²) in [6.07, 6.45) is -3.83. The number of esters is 1. The number of ether oxygens (including phenoxy) is 6. The monoisotopic (exact) mass is 489 g/mol. The number of methoxy groups -OCH3 is 2. The molecule has 13 nitrogen and oxygen atoms in total. The predicted octanol–water partition coefficient (Wildman–Crippen LogP) is -0.433. The van der Waals surface area contributed by atoms with Crippen LogP contribution in [0.3, 0.4) is 0 Å². The highest BCUT2D eigenvalue weighted by molar-refractivity contribution is 5.85. The molecule has 2 rings (SSSR count). The minimum absolute atomic E-state index is 0.247. The van der Waals surface area contributed by atoms with Gasteiger partial charge in [-0.1, -0.05) is 0 Å². The standard InChI is InChI=1S/C21H35N3O10/c1-20(2,3)34-19(28)23-9-13(26)24-11(8-12(25)22-10-14(27)29-6)15-16(30-7)17-18(31-15)33-21(4,5)32-17/h11,15-18H,8-10H2,1-7H3,(H,22,25)(H,23,28)(H,24,26)/t11-,15+,16-,17+,18+/m0/s1. The summed E-state index contributed by atoms with van der Waals surface area (Å²) in [7, 11) is 2.66. The number of hydrogen-bond acceptors (Lipinski definition) is 10. The van der Waals surface area contributed by atoms with Crippen LogP contribution in [-0.2, 0) is 42.8 Å². The fourth-order valence-corrected chi connectivity index (χ4v) is 3.58. The third-order valence-corrected chi connectivity index (χ3v) is 4.90. The van der Waals surface area contributed by atoms with Crippen molar-refractivity contribution in [1.82, 2.24) is 16.0 Å². The molecule has 0 aromatic heterocycles. The maximum Gasteiger partial charge on any atom is 0.408 e. The second-order valence-corrected chi connectivity index (χ2v) is 9.36. The highest BCUT2D eigenvalue weighted by atomic mass is 16.8. The molecule has 5 atom stereocenters. The summed E-state index contributed by atoms with van der Waals surface area (Å²) in [5.74, 6) is -2.63. The molecule has 2 aliphatic heterocycles. The average Bonchev–Trinajstić information content (AvgIpc) is 3.19. The van der Waals surface area contributed by atoms with E-state index in [9.17, 15) is 19.2 Å². The van der Waals surface area contributed by atoms with Crippen LogP contribution < -0.4 is 16.0 Å². The summed E-state index contributed by atoms with van der Waals surface area (Å²) in [5, 5.41) is 7.46. The van der Waals surface area contributed by atoms with Gasteiger partial charge in [0.1, 0.15) is 37.0 Å². The van der Waals surface area contributed by atoms with Crippen LogP contribution in [0.5, 0.6) is 0 Å². The Hall–Kier alpha value is -2.48. The normalized spacial score (nSPS) is 26.2. The van der Waals surface area contributed by atoms with Crippen LogP contribution in [-0.4, -0.2) is 93.2 Å². The Morgan fingerprint density at radius 2 is 1.68 bits per heavy atom. The van der Waals surface area contributed by atoms with Gasteiger partial charge in [-0.3, -0.25) is 14.4 Å². The fourth-order valence-electron chi connectivity index (χ4n) is 3.58. The van der Waals surface area contributed by atoms with Gasteiger partial charge in [-0.25, -0.2) is 4.79 Å². The van der Waals surface area contributed by atoms with Gasteiger partial charge in [0.25, 0.3) is 0 Å². The molecule has 0 unspecified atom stereocenters. The quantitative estimate of drug-likeness (QED) is 0.363. The van der Waals surface area contributed by atoms with Crippen molar-refractivity contribution < 1.29 is 47.6 Å². The SMILES string of the molecule is COC(=O)CNC(=O)C[C@H](NC(=O)CNC(=O)OC(C)(C)C)[C@H]1O[C@@H]2OC(C)(C)O[C@@H]2[C@H]1OC. The van der Waals surface area contributed by atoms with Gasteiger partial charge in [0.05, 0.1) is 13.2 Å². The van der Waals surface area contributed by atoms with Gasteiger partial charge in [-0.2, -0.15) is 0 Å². The summed E-state index contributed by atoms with van der Waals surface area (Å²) in [4.78, 5) is 48.2. The molecule has 2 fully saturated rings. The van der Waals surface area contributed by atoms with Crippen molar-refractivity contribution in [3.8, 4) is 0 Å². The number of alkyl carbamates (subject to hydrolysis) is 1. The molecule has 2 saturated heterocycles. The minimum atomic E-state index is -0.892. The zero-order valence-electron chi connectivity index (χ0n) is 20.6. The Kier molecular flexibility index (Phi) is 9.22. The van der Waals surface area contributed by atoms with Crippen molar-refractivity contribution in [2.75, 3.05) is 27.3 Å². The van der Waals surface area contributed by atoms with Gasteiger partial charge in [0, 0.05) is 13.5 Å². The van der Waals surface area contributed by atoms with Crippen LogP contribution in [0.25, 0.3) is 0 Å². The molecule has 0 radical (unpaired) electrons. The Balaban J connectivity index is 2.07. The van der Waals surface area contributed by atoms with E-state index in [1.165, 1.54) is 14.2 Å². The van der Waals surface area contributed by atoms with Gasteiger partial charge in [-0.15, -0.1) is 0 Å². The van der Waals surface area contributed by atoms with E-state index in [-0.39, 0.29) is 13.0 Å². The summed E-state index contributed by atoms with van der Waals surface area (Å²) in [5.41, 5.74) is -0.726. The molecular weight excluding hydrogens is 454 g/mol. The number of amides is 3. The third-order valence-electron chi connectivity index (χ3n) is 4.90. The molecule has 194 valence electrons. The van der Waals surface area contributed by atoms with Crippen molar-refractivity contribution in [2.24, 2.45) is 0 Å². The maximum absolute atomic E-state index is 12.6. The predicted molar refractivity (Wildman–Crippen MR) is 115 cm³/mol. The van der Waals surface area contributed by atoms with Crippen molar-refractivity contribution in [3.05, 3.63) is 0 Å². The molecule has 0 spiro atoms. The highest BCUT2D eigenvalue weighted by Crippen LogP contribution is 2.39. The van der Waals surface area contributed by atoms with E-state index < -0.39 is 72.5 Å². The molecule has 3 amide bonds. The zero-order chi connectivity index (χ0) is 25.7. The van der Waals surface area contributed by atoms with Gasteiger partial charge in [0.15, 0.2) is 12.1 Å². The molecular formula is C21H35N3O10. The van der Waals surface area contributed by atoms with Gasteiger partial charge in [-0.05, 0) is 34.6 Å². The lowest BCUT2D eigenvalue weighted by Gasteiger charge is -2.30. The van der Waals surface area contributed by atoms with Crippen LogP contribution in [0.1, 0.15) is 41.0 Å². The van der Waals surface area contributed by atoms with Gasteiger partial charge in [0.2, 0.25) is 11.8 Å². The number of carbonyl (C=O) groups is 4. The van der Waals surface area contributed by atoms with E-state index in [0.717, 1.165) is 0 Å². The third kappa shape index (κ3) is 8.08. The van der Waals surface area contributed by atoms with E-state index >= 15 is 0 Å². The van der Waals surface area contributed by atoms with Crippen molar-refractivity contribution >= 4 is 23.9 Å². The molecule has 0 aromatic carbocycles. The number of fused-ring (bicyclic) bond motifs is 1. The molecule has 13 heteroatoms. The Morgan fingerprint density at radius 1 is 1.00 bits per heavy atom. The van der Waals surface area contributed by atoms with E-state index in [2.05, 4.69) is 20.7 Å². The summed E-state index contributed by atoms with van der Waals surface area (Å²) >= 11 is 0. The fraction of sp³-hybridized carbons (Fsp3) is 0.810. The Labute approximate surface area is 198 Å². The van der Waals surface area contributed by atoms with Crippen molar-refractivity contribution in [2.45, 2.75) is 83.1 Å². The van der Waals surface area contributed by atoms with Crippen molar-refractivity contribution in [1.29, 1.82) is 0 Å². The number of hydrogen-bond donors (Lipinski definition) is 3. The van der Waals surface area contributed by atoms with E-state index in [1.54, 1.807) is 34.6 Å². The first-order valence-electron chi connectivity index (χ1n) is 10.9. The van der Waals surface area contributed by atoms with Crippen LogP contribution in [0.15, 0.2) is 0 Å². The molecule has 34 heavy (non-hydrogen) atoms. The zero-order valence-corrected chi connectivity index (χ0v) is 20.6. The lowest BCUT2D eigenvalue weighted by Crippen LogP contribution is -2.54. The smallest absolute Gasteiger partial charge is 0.408 e. The number of nitrogens with one attached hydrogen (secondary N) is 3. The summed E-state index contributed by atoms with van der Waals surface area (Å²) < 4.78 is 32.8. The summed E-state index contributed by atoms with van der Waals surface area (Å²) in [6.45, 7) is 7.82. The molecule has 3 N–H and O–H groups in total. The topological polar surface area (TPSA) is 160 Å². The van der Waals surface area contributed by atoms with E-state index in [0.29, 0.717) is 0 Å². The molecule has 0 saturated carbocycles. The first kappa shape index (κ1) is 27.8. The summed E-state index contributed by atoms with van der Waals surface area (Å²) in [6, 6.07) is -0.892. The largest absolute Gasteiger partial charge is 0.468 e. The molecule has 0 aliphatic carbocycles. The van der Waals surface area contributed by atoms with Gasteiger partial charge >= 0.3 is 12.1 Å². The molecule has 2 heterocycles. The van der Waals surface area contributed by atoms with Crippen LogP contribution >= 0.6 is 0 Å².